The summed E-state index contributed by atoms with van der Waals surface area (Å²) in [5, 5.41) is 4.52. The maximum Gasteiger partial charge on any atom is 0.0406 e. The van der Waals surface area contributed by atoms with Gasteiger partial charge >= 0.3 is 0 Å². The monoisotopic (exact) mass is 365 g/mol. The molecule has 0 aliphatic rings. The number of halogens is 2. The van der Waals surface area contributed by atoms with Gasteiger partial charge in [0.25, 0.3) is 0 Å². The van der Waals surface area contributed by atoms with Crippen molar-refractivity contribution in [3.05, 3.63) is 69.2 Å². The molecule has 3 heteroatoms. The van der Waals surface area contributed by atoms with Gasteiger partial charge in [-0.05, 0) is 48.7 Å². The van der Waals surface area contributed by atoms with Crippen molar-refractivity contribution < 1.29 is 0 Å². The van der Waals surface area contributed by atoms with E-state index in [0.29, 0.717) is 12.1 Å². The minimum Gasteiger partial charge on any atom is -0.303 e. The Labute approximate surface area is 140 Å². The normalized spacial score (nSPS) is 13.9. The van der Waals surface area contributed by atoms with Crippen molar-refractivity contribution in [2.75, 3.05) is 0 Å². The van der Waals surface area contributed by atoms with E-state index in [2.05, 4.69) is 71.5 Å². The quantitative estimate of drug-likeness (QED) is 0.633. The van der Waals surface area contributed by atoms with Gasteiger partial charge in [0, 0.05) is 21.6 Å². The van der Waals surface area contributed by atoms with Crippen LogP contribution in [-0.2, 0) is 0 Å². The lowest BCUT2D eigenvalue weighted by atomic mass is 9.99. The molecule has 0 spiro atoms. The number of benzene rings is 2. The fraction of sp³-hybridized carbons (Fsp3) is 0.333. The van der Waals surface area contributed by atoms with Gasteiger partial charge in [-0.25, -0.2) is 0 Å². The van der Waals surface area contributed by atoms with Crippen LogP contribution >= 0.6 is 27.5 Å². The maximum absolute atomic E-state index is 5.99. The Kier molecular flexibility index (Phi) is 6.28. The molecular formula is C18H21BrClN. The SMILES string of the molecule is CCCC(N[C@@H](C)c1cccc(Br)c1)c1ccc(Cl)cc1. The molecule has 2 aromatic carbocycles. The van der Waals surface area contributed by atoms with Gasteiger partial charge in [0.05, 0.1) is 0 Å². The summed E-state index contributed by atoms with van der Waals surface area (Å²) >= 11 is 9.52. The summed E-state index contributed by atoms with van der Waals surface area (Å²) in [4.78, 5) is 0. The molecule has 0 aliphatic carbocycles. The van der Waals surface area contributed by atoms with Gasteiger partial charge in [0.1, 0.15) is 0 Å². The topological polar surface area (TPSA) is 12.0 Å². The number of rotatable bonds is 6. The van der Waals surface area contributed by atoms with Crippen LogP contribution in [0.25, 0.3) is 0 Å². The predicted octanol–water partition coefficient (Wildman–Crippen LogP) is 6.29. The molecular weight excluding hydrogens is 346 g/mol. The Bertz CT molecular complexity index is 568. The molecule has 0 bridgehead atoms. The zero-order valence-electron chi connectivity index (χ0n) is 12.4. The van der Waals surface area contributed by atoms with Crippen molar-refractivity contribution in [1.29, 1.82) is 0 Å². The Morgan fingerprint density at radius 2 is 1.81 bits per heavy atom. The Hall–Kier alpha value is -0.830. The molecule has 0 fully saturated rings. The molecule has 112 valence electrons. The number of hydrogen-bond acceptors (Lipinski definition) is 1. The second-order valence-corrected chi connectivity index (χ2v) is 6.69. The first-order chi connectivity index (χ1) is 10.1. The van der Waals surface area contributed by atoms with Crippen LogP contribution in [0.15, 0.2) is 53.0 Å². The lowest BCUT2D eigenvalue weighted by Gasteiger charge is -2.24. The molecule has 21 heavy (non-hydrogen) atoms. The minimum atomic E-state index is 0.301. The van der Waals surface area contributed by atoms with Crippen LogP contribution in [0.3, 0.4) is 0 Å². The fourth-order valence-corrected chi connectivity index (χ4v) is 3.05. The first kappa shape index (κ1) is 16.5. The third-order valence-electron chi connectivity index (χ3n) is 3.65. The van der Waals surface area contributed by atoms with Crippen LogP contribution in [-0.4, -0.2) is 0 Å². The minimum absolute atomic E-state index is 0.301. The van der Waals surface area contributed by atoms with Crippen LogP contribution in [0.5, 0.6) is 0 Å². The van der Waals surface area contributed by atoms with E-state index in [1.54, 1.807) is 0 Å². The average molecular weight is 367 g/mol. The van der Waals surface area contributed by atoms with E-state index in [0.717, 1.165) is 22.3 Å². The van der Waals surface area contributed by atoms with Crippen molar-refractivity contribution in [3.8, 4) is 0 Å². The maximum atomic E-state index is 5.99. The van der Waals surface area contributed by atoms with E-state index in [1.165, 1.54) is 11.1 Å². The van der Waals surface area contributed by atoms with Crippen molar-refractivity contribution >= 4 is 27.5 Å². The fourth-order valence-electron chi connectivity index (χ4n) is 2.50. The highest BCUT2D eigenvalue weighted by Gasteiger charge is 2.14. The van der Waals surface area contributed by atoms with Crippen LogP contribution in [0.4, 0.5) is 0 Å². The lowest BCUT2D eigenvalue weighted by Crippen LogP contribution is -2.24. The smallest absolute Gasteiger partial charge is 0.0406 e. The standard InChI is InChI=1S/C18H21BrClN/c1-3-5-18(14-8-10-17(20)11-9-14)21-13(2)15-6-4-7-16(19)12-15/h4,6-13,18,21H,3,5H2,1-2H3/t13-,18?/m0/s1. The highest BCUT2D eigenvalue weighted by molar-refractivity contribution is 9.10. The molecule has 0 saturated heterocycles. The first-order valence-corrected chi connectivity index (χ1v) is 8.54. The van der Waals surface area contributed by atoms with Crippen LogP contribution in [0.2, 0.25) is 5.02 Å². The van der Waals surface area contributed by atoms with Gasteiger partial charge in [-0.15, -0.1) is 0 Å². The van der Waals surface area contributed by atoms with Crippen molar-refractivity contribution in [1.82, 2.24) is 5.32 Å². The summed E-state index contributed by atoms with van der Waals surface area (Å²) in [7, 11) is 0. The second kappa shape index (κ2) is 7.98. The zero-order valence-corrected chi connectivity index (χ0v) is 14.8. The van der Waals surface area contributed by atoms with Gasteiger partial charge < -0.3 is 5.32 Å². The van der Waals surface area contributed by atoms with E-state index < -0.39 is 0 Å². The summed E-state index contributed by atoms with van der Waals surface area (Å²) in [5.74, 6) is 0. The molecule has 0 aliphatic heterocycles. The number of nitrogens with one attached hydrogen (secondary N) is 1. The van der Waals surface area contributed by atoms with Crippen LogP contribution in [0, 0.1) is 0 Å². The first-order valence-electron chi connectivity index (χ1n) is 7.37. The molecule has 1 unspecified atom stereocenters. The summed E-state index contributed by atoms with van der Waals surface area (Å²) in [6, 6.07) is 17.3. The molecule has 0 radical (unpaired) electrons. The second-order valence-electron chi connectivity index (χ2n) is 5.34. The van der Waals surface area contributed by atoms with E-state index in [4.69, 9.17) is 11.6 Å². The molecule has 2 aromatic rings. The van der Waals surface area contributed by atoms with Gasteiger partial charge in [-0.3, -0.25) is 0 Å². The third-order valence-corrected chi connectivity index (χ3v) is 4.39. The molecule has 2 atom stereocenters. The molecule has 1 N–H and O–H groups in total. The molecule has 0 aromatic heterocycles. The van der Waals surface area contributed by atoms with Gasteiger partial charge in [0.2, 0.25) is 0 Å². The summed E-state index contributed by atoms with van der Waals surface area (Å²) in [5.41, 5.74) is 2.59. The predicted molar refractivity (Wildman–Crippen MR) is 94.8 cm³/mol. The van der Waals surface area contributed by atoms with Crippen molar-refractivity contribution in [2.45, 2.75) is 38.8 Å². The molecule has 0 amide bonds. The van der Waals surface area contributed by atoms with E-state index in [-0.39, 0.29) is 0 Å². The molecule has 0 saturated carbocycles. The van der Waals surface area contributed by atoms with E-state index in [9.17, 15) is 0 Å². The summed E-state index contributed by atoms with van der Waals surface area (Å²) < 4.78 is 1.12. The van der Waals surface area contributed by atoms with E-state index >= 15 is 0 Å². The third kappa shape index (κ3) is 4.84. The molecule has 0 heterocycles. The summed E-state index contributed by atoms with van der Waals surface area (Å²) in [6.45, 7) is 4.43. The van der Waals surface area contributed by atoms with Crippen molar-refractivity contribution in [3.63, 3.8) is 0 Å². The summed E-state index contributed by atoms with van der Waals surface area (Å²) in [6.07, 6.45) is 2.26. The largest absolute Gasteiger partial charge is 0.303 e. The zero-order chi connectivity index (χ0) is 15.2. The van der Waals surface area contributed by atoms with E-state index in [1.807, 2.05) is 12.1 Å². The van der Waals surface area contributed by atoms with Crippen LogP contribution in [0.1, 0.15) is 49.9 Å². The lowest BCUT2D eigenvalue weighted by molar-refractivity contribution is 0.439. The molecule has 1 nitrogen and oxygen atoms in total. The Morgan fingerprint density at radius 3 is 2.43 bits per heavy atom. The molecule has 2 rings (SSSR count). The number of hydrogen-bond donors (Lipinski definition) is 1. The highest BCUT2D eigenvalue weighted by atomic mass is 79.9. The highest BCUT2D eigenvalue weighted by Crippen LogP contribution is 2.25. The Morgan fingerprint density at radius 1 is 1.10 bits per heavy atom. The average Bonchev–Trinajstić information content (AvgIpc) is 2.47. The van der Waals surface area contributed by atoms with Gasteiger partial charge in [-0.2, -0.15) is 0 Å². The van der Waals surface area contributed by atoms with Crippen molar-refractivity contribution in [2.24, 2.45) is 0 Å². The van der Waals surface area contributed by atoms with Crippen LogP contribution < -0.4 is 5.32 Å². The van der Waals surface area contributed by atoms with Gasteiger partial charge in [-0.1, -0.05) is 65.1 Å². The Balaban J connectivity index is 2.14. The van der Waals surface area contributed by atoms with Gasteiger partial charge in [0.15, 0.2) is 0 Å².